The minimum absolute atomic E-state index is 0.162. The fraction of sp³-hybridized carbons (Fsp3) is 0.167. The molecule has 1 amide bonds. The molecule has 2 aromatic carbocycles. The summed E-state index contributed by atoms with van der Waals surface area (Å²) in [6.45, 7) is 5.60. The second-order valence-electron chi connectivity index (χ2n) is 7.44. The van der Waals surface area contributed by atoms with Gasteiger partial charge in [-0.15, -0.1) is 0 Å². The van der Waals surface area contributed by atoms with Crippen LogP contribution in [0, 0.1) is 26.6 Å². The molecule has 32 heavy (non-hydrogen) atoms. The van der Waals surface area contributed by atoms with Gasteiger partial charge in [-0.2, -0.15) is 10.2 Å². The molecule has 0 fully saturated rings. The average molecular weight is 431 g/mol. The van der Waals surface area contributed by atoms with Crippen LogP contribution in [0.5, 0.6) is 0 Å². The summed E-state index contributed by atoms with van der Waals surface area (Å²) < 4.78 is 17.3. The van der Waals surface area contributed by atoms with Crippen molar-refractivity contribution < 1.29 is 9.18 Å². The molecule has 4 rings (SSSR count). The Morgan fingerprint density at radius 1 is 0.969 bits per heavy atom. The molecule has 0 aliphatic carbocycles. The molecule has 0 spiro atoms. The summed E-state index contributed by atoms with van der Waals surface area (Å²) in [7, 11) is 0. The van der Waals surface area contributed by atoms with Crippen molar-refractivity contribution in [2.75, 3.05) is 0 Å². The Labute approximate surface area is 184 Å². The summed E-state index contributed by atoms with van der Waals surface area (Å²) in [4.78, 5) is 25.2. The van der Waals surface area contributed by atoms with Gasteiger partial charge in [0.25, 0.3) is 5.91 Å². The fourth-order valence-electron chi connectivity index (χ4n) is 3.58. The van der Waals surface area contributed by atoms with Crippen LogP contribution in [0.25, 0.3) is 11.4 Å². The van der Waals surface area contributed by atoms with Crippen molar-refractivity contribution in [3.05, 3.63) is 105 Å². The quantitative estimate of drug-likeness (QED) is 0.525. The van der Waals surface area contributed by atoms with Crippen molar-refractivity contribution in [3.63, 3.8) is 0 Å². The van der Waals surface area contributed by atoms with Gasteiger partial charge in [-0.3, -0.25) is 9.59 Å². The lowest BCUT2D eigenvalue weighted by Crippen LogP contribution is -2.32. The monoisotopic (exact) mass is 431 g/mol. The second-order valence-corrected chi connectivity index (χ2v) is 7.44. The molecule has 1 N–H and O–H groups in total. The number of halogens is 1. The molecule has 0 aliphatic heterocycles. The van der Waals surface area contributed by atoms with Gasteiger partial charge in [0, 0.05) is 29.6 Å². The summed E-state index contributed by atoms with van der Waals surface area (Å²) in [5.41, 5.74) is 3.18. The highest BCUT2D eigenvalue weighted by Gasteiger charge is 2.19. The number of hydrogen-bond acceptors (Lipinski definition) is 4. The van der Waals surface area contributed by atoms with E-state index in [-0.39, 0.29) is 17.9 Å². The number of amides is 1. The Morgan fingerprint density at radius 3 is 2.38 bits per heavy atom. The van der Waals surface area contributed by atoms with E-state index in [2.05, 4.69) is 15.5 Å². The van der Waals surface area contributed by atoms with Crippen LogP contribution in [0.4, 0.5) is 4.39 Å². The van der Waals surface area contributed by atoms with Gasteiger partial charge in [-0.1, -0.05) is 30.3 Å². The van der Waals surface area contributed by atoms with Gasteiger partial charge in [0.15, 0.2) is 5.69 Å². The zero-order chi connectivity index (χ0) is 22.8. The number of nitrogens with zero attached hydrogens (tertiary/aromatic N) is 4. The number of hydrogen-bond donors (Lipinski definition) is 1. The first kappa shape index (κ1) is 21.2. The van der Waals surface area contributed by atoms with Crippen LogP contribution in [-0.4, -0.2) is 25.5 Å². The van der Waals surface area contributed by atoms with E-state index in [0.29, 0.717) is 5.69 Å². The number of aryl methyl sites for hydroxylation is 2. The van der Waals surface area contributed by atoms with Gasteiger partial charge in [0.1, 0.15) is 11.5 Å². The van der Waals surface area contributed by atoms with Gasteiger partial charge in [-0.25, -0.2) is 13.8 Å². The van der Waals surface area contributed by atoms with E-state index in [1.54, 1.807) is 19.1 Å². The molecule has 0 saturated carbocycles. The van der Waals surface area contributed by atoms with E-state index >= 15 is 0 Å². The Hall–Kier alpha value is -4.07. The van der Waals surface area contributed by atoms with Crippen LogP contribution in [0.2, 0.25) is 0 Å². The highest BCUT2D eigenvalue weighted by molar-refractivity contribution is 5.92. The summed E-state index contributed by atoms with van der Waals surface area (Å²) in [6, 6.07) is 17.0. The zero-order valence-corrected chi connectivity index (χ0v) is 18.0. The predicted octanol–water partition coefficient (Wildman–Crippen LogP) is 3.41. The van der Waals surface area contributed by atoms with Gasteiger partial charge in [-0.05, 0) is 45.0 Å². The molecule has 0 atom stereocenters. The Kier molecular flexibility index (Phi) is 5.68. The summed E-state index contributed by atoms with van der Waals surface area (Å²) in [5, 5.41) is 11.5. The van der Waals surface area contributed by atoms with Crippen LogP contribution in [0.15, 0.2) is 65.5 Å². The third-order valence-corrected chi connectivity index (χ3v) is 5.27. The van der Waals surface area contributed by atoms with Crippen LogP contribution in [0.1, 0.15) is 33.1 Å². The normalized spacial score (nSPS) is 10.9. The lowest BCUT2D eigenvalue weighted by molar-refractivity contribution is 0.0943. The third-order valence-electron chi connectivity index (χ3n) is 5.27. The number of aromatic nitrogens is 4. The Bertz CT molecular complexity index is 1360. The molecule has 0 saturated heterocycles. The van der Waals surface area contributed by atoms with Gasteiger partial charge < -0.3 is 5.32 Å². The number of benzene rings is 2. The first-order valence-corrected chi connectivity index (χ1v) is 10.1. The highest BCUT2D eigenvalue weighted by atomic mass is 19.1. The lowest BCUT2D eigenvalue weighted by Gasteiger charge is -2.12. The maximum Gasteiger partial charge on any atom is 0.276 e. The molecule has 8 heteroatoms. The van der Waals surface area contributed by atoms with Crippen molar-refractivity contribution in [1.29, 1.82) is 0 Å². The van der Waals surface area contributed by atoms with Crippen molar-refractivity contribution in [2.24, 2.45) is 0 Å². The largest absolute Gasteiger partial charge is 0.346 e. The topological polar surface area (TPSA) is 81.8 Å². The average Bonchev–Trinajstić information content (AvgIpc) is 3.07. The first-order valence-electron chi connectivity index (χ1n) is 10.1. The number of carbonyl (C=O) groups is 1. The highest BCUT2D eigenvalue weighted by Crippen LogP contribution is 2.18. The minimum atomic E-state index is -0.633. The third kappa shape index (κ3) is 3.94. The molecule has 162 valence electrons. The van der Waals surface area contributed by atoms with Gasteiger partial charge >= 0.3 is 0 Å². The number of rotatable bonds is 5. The van der Waals surface area contributed by atoms with E-state index in [4.69, 9.17) is 0 Å². The molecular formula is C24H22FN5O2. The predicted molar refractivity (Wildman–Crippen MR) is 119 cm³/mol. The molecule has 0 aliphatic rings. The summed E-state index contributed by atoms with van der Waals surface area (Å²) in [6.07, 6.45) is 0. The molecule has 0 unspecified atom stereocenters. The molecule has 0 radical (unpaired) electrons. The smallest absolute Gasteiger partial charge is 0.276 e. The Morgan fingerprint density at radius 2 is 1.66 bits per heavy atom. The van der Waals surface area contributed by atoms with E-state index in [0.717, 1.165) is 22.6 Å². The molecule has 0 bridgehead atoms. The molecule has 7 nitrogen and oxygen atoms in total. The lowest BCUT2D eigenvalue weighted by atomic mass is 10.2. The number of nitrogens with one attached hydrogen (secondary N) is 1. The maximum absolute atomic E-state index is 14.2. The number of carbonyl (C=O) groups excluding carboxylic acids is 1. The zero-order valence-electron chi connectivity index (χ0n) is 18.0. The van der Waals surface area contributed by atoms with E-state index in [9.17, 15) is 14.0 Å². The number of para-hydroxylation sites is 2. The van der Waals surface area contributed by atoms with Crippen LogP contribution in [0.3, 0.4) is 0 Å². The maximum atomic E-state index is 14.2. The first-order chi connectivity index (χ1) is 15.4. The van der Waals surface area contributed by atoms with Crippen molar-refractivity contribution in [2.45, 2.75) is 27.3 Å². The van der Waals surface area contributed by atoms with Crippen LogP contribution < -0.4 is 10.7 Å². The van der Waals surface area contributed by atoms with Crippen LogP contribution in [-0.2, 0) is 6.54 Å². The Balaban J connectivity index is 1.61. The fourth-order valence-corrected chi connectivity index (χ4v) is 3.58. The molecule has 4 aromatic rings. The van der Waals surface area contributed by atoms with Crippen molar-refractivity contribution in [3.8, 4) is 11.4 Å². The molecular weight excluding hydrogens is 409 g/mol. The van der Waals surface area contributed by atoms with Crippen molar-refractivity contribution in [1.82, 2.24) is 24.9 Å². The second kappa shape index (κ2) is 8.58. The molecule has 2 aromatic heterocycles. The minimum Gasteiger partial charge on any atom is -0.346 e. The summed E-state index contributed by atoms with van der Waals surface area (Å²) in [5.74, 6) is -1.14. The van der Waals surface area contributed by atoms with E-state index < -0.39 is 17.2 Å². The SMILES string of the molecule is Cc1nn(-c2ccccc2)c(C)c1CNC(=O)c1nn(-c2ccccc2F)c(C)cc1=O. The van der Waals surface area contributed by atoms with E-state index in [1.165, 1.54) is 22.9 Å². The van der Waals surface area contributed by atoms with Crippen LogP contribution >= 0.6 is 0 Å². The van der Waals surface area contributed by atoms with Gasteiger partial charge in [0.05, 0.1) is 11.4 Å². The van der Waals surface area contributed by atoms with E-state index in [1.807, 2.05) is 48.9 Å². The molecule has 2 heterocycles. The van der Waals surface area contributed by atoms with Gasteiger partial charge in [0.2, 0.25) is 5.43 Å². The summed E-state index contributed by atoms with van der Waals surface area (Å²) >= 11 is 0. The van der Waals surface area contributed by atoms with Crippen molar-refractivity contribution >= 4 is 5.91 Å². The standard InChI is InChI=1S/C24H22FN5O2/c1-15-13-22(31)23(28-29(15)21-12-8-7-11-20(21)25)24(32)26-14-19-16(2)27-30(17(19)3)18-9-5-4-6-10-18/h4-13H,14H2,1-3H3,(H,26,32).